The van der Waals surface area contributed by atoms with Crippen LogP contribution in [0.4, 0.5) is 13.2 Å². The summed E-state index contributed by atoms with van der Waals surface area (Å²) >= 11 is 3.74. The van der Waals surface area contributed by atoms with Gasteiger partial charge in [-0.25, -0.2) is 9.59 Å². The van der Waals surface area contributed by atoms with Gasteiger partial charge in [-0.15, -0.1) is 12.6 Å². The van der Waals surface area contributed by atoms with Crippen LogP contribution in [-0.4, -0.2) is 54.7 Å². The minimum atomic E-state index is -5.39. The van der Waals surface area contributed by atoms with Gasteiger partial charge >= 0.3 is 18.1 Å². The molecule has 23 heavy (non-hydrogen) atoms. The van der Waals surface area contributed by atoms with E-state index in [1.807, 2.05) is 0 Å². The van der Waals surface area contributed by atoms with E-state index in [1.54, 1.807) is 5.32 Å². The highest BCUT2D eigenvalue weighted by atomic mass is 32.1. The van der Waals surface area contributed by atoms with Crippen LogP contribution in [0, 0.1) is 0 Å². The minimum Gasteiger partial charge on any atom is -0.445 e. The topological polar surface area (TPSA) is 137 Å². The van der Waals surface area contributed by atoms with Crippen molar-refractivity contribution < 1.29 is 41.8 Å². The largest absolute Gasteiger partial charge is 0.491 e. The van der Waals surface area contributed by atoms with Gasteiger partial charge in [0, 0.05) is 6.92 Å². The summed E-state index contributed by atoms with van der Waals surface area (Å²) in [5, 5.41) is 3.86. The molecule has 0 spiro atoms. The molecule has 0 rings (SSSR count). The zero-order valence-electron chi connectivity index (χ0n) is 11.7. The van der Waals surface area contributed by atoms with Crippen molar-refractivity contribution in [3.63, 3.8) is 0 Å². The predicted molar refractivity (Wildman–Crippen MR) is 70.7 cm³/mol. The summed E-state index contributed by atoms with van der Waals surface area (Å²) in [5.74, 6) is -5.79. The molecule has 2 amide bonds. The number of alkyl halides is 3. The number of amides is 2. The van der Waals surface area contributed by atoms with Crippen molar-refractivity contribution in [3.05, 3.63) is 0 Å². The minimum absolute atomic E-state index is 0.269. The first-order chi connectivity index (χ1) is 10.5. The third kappa shape index (κ3) is 8.87. The summed E-state index contributed by atoms with van der Waals surface area (Å²) < 4.78 is 44.8. The van der Waals surface area contributed by atoms with Crippen LogP contribution in [0.2, 0.25) is 0 Å². The molecule has 0 aromatic carbocycles. The summed E-state index contributed by atoms with van der Waals surface area (Å²) in [6.45, 7) is 0.218. The Morgan fingerprint density at radius 3 is 2.22 bits per heavy atom. The van der Waals surface area contributed by atoms with E-state index in [9.17, 15) is 32.3 Å². The maximum Gasteiger partial charge on any atom is 0.491 e. The SMILES string of the molecule is CC(=O)NCC(S)OC(=O)C(NC(=O)CN)OC(=O)C(F)(F)F. The molecule has 0 aliphatic heterocycles. The Bertz CT molecular complexity index is 473. The van der Waals surface area contributed by atoms with Crippen molar-refractivity contribution in [1.82, 2.24) is 10.6 Å². The maximum atomic E-state index is 12.1. The Kier molecular flexibility index (Phi) is 8.39. The highest BCUT2D eigenvalue weighted by Gasteiger charge is 2.44. The fraction of sp³-hybridized carbons (Fsp3) is 0.600. The highest BCUT2D eigenvalue weighted by molar-refractivity contribution is 7.80. The summed E-state index contributed by atoms with van der Waals surface area (Å²) in [7, 11) is 0. The number of hydrogen-bond donors (Lipinski definition) is 4. The molecule has 0 radical (unpaired) electrons. The molecule has 9 nitrogen and oxygen atoms in total. The van der Waals surface area contributed by atoms with Gasteiger partial charge in [0.2, 0.25) is 11.8 Å². The average molecular weight is 361 g/mol. The number of rotatable bonds is 7. The van der Waals surface area contributed by atoms with Crippen molar-refractivity contribution in [2.75, 3.05) is 13.1 Å². The standard InChI is InChI=1S/C10H14F3N3O6S/c1-4(17)15-3-6(23)21-8(19)7(16-5(18)2-14)22-9(20)10(11,12)13/h6-7,23H,2-3,14H2,1H3,(H,15,17)(H,16,18). The van der Waals surface area contributed by atoms with Crippen molar-refractivity contribution in [3.8, 4) is 0 Å². The second-order valence-corrected chi connectivity index (χ2v) is 4.46. The Morgan fingerprint density at radius 1 is 1.22 bits per heavy atom. The number of hydrogen-bond acceptors (Lipinski definition) is 8. The van der Waals surface area contributed by atoms with Crippen LogP contribution in [-0.2, 0) is 28.7 Å². The number of carbonyl (C=O) groups is 4. The fourth-order valence-corrected chi connectivity index (χ4v) is 1.18. The number of halogens is 3. The van der Waals surface area contributed by atoms with Crippen molar-refractivity contribution in [1.29, 1.82) is 0 Å². The van der Waals surface area contributed by atoms with Crippen molar-refractivity contribution in [2.45, 2.75) is 24.8 Å². The zero-order chi connectivity index (χ0) is 18.2. The molecule has 0 aromatic rings. The molecule has 0 heterocycles. The van der Waals surface area contributed by atoms with E-state index in [2.05, 4.69) is 27.4 Å². The number of nitrogens with two attached hydrogens (primary N) is 1. The van der Waals surface area contributed by atoms with Gasteiger partial charge in [0.05, 0.1) is 13.1 Å². The molecule has 0 saturated heterocycles. The molecule has 2 atom stereocenters. The number of thiol groups is 1. The first kappa shape index (κ1) is 21.0. The van der Waals surface area contributed by atoms with E-state index in [4.69, 9.17) is 5.73 Å². The second-order valence-electron chi connectivity index (χ2n) is 3.88. The molecular weight excluding hydrogens is 347 g/mol. The van der Waals surface area contributed by atoms with Gasteiger partial charge in [0.1, 0.15) is 0 Å². The molecule has 0 fully saturated rings. The molecular formula is C10H14F3N3O6S. The van der Waals surface area contributed by atoms with Crippen LogP contribution in [0.25, 0.3) is 0 Å². The molecule has 0 aliphatic carbocycles. The molecule has 0 aromatic heterocycles. The van der Waals surface area contributed by atoms with Crippen LogP contribution < -0.4 is 16.4 Å². The van der Waals surface area contributed by atoms with E-state index in [1.165, 1.54) is 0 Å². The van der Waals surface area contributed by atoms with Gasteiger partial charge in [-0.3, -0.25) is 9.59 Å². The van der Waals surface area contributed by atoms with Crippen LogP contribution in [0.5, 0.6) is 0 Å². The summed E-state index contributed by atoms with van der Waals surface area (Å²) in [6.07, 6.45) is -7.75. The first-order valence-corrected chi connectivity index (χ1v) is 6.39. The molecule has 0 bridgehead atoms. The van der Waals surface area contributed by atoms with Crippen LogP contribution in [0.15, 0.2) is 0 Å². The van der Waals surface area contributed by atoms with Gasteiger partial charge in [-0.2, -0.15) is 13.2 Å². The highest BCUT2D eigenvalue weighted by Crippen LogP contribution is 2.17. The summed E-state index contributed by atoms with van der Waals surface area (Å²) in [5.41, 5.74) is 3.67. The normalized spacial score (nSPS) is 13.5. The number of esters is 2. The van der Waals surface area contributed by atoms with E-state index in [0.717, 1.165) is 6.92 Å². The fourth-order valence-electron chi connectivity index (χ4n) is 0.984. The van der Waals surface area contributed by atoms with Gasteiger partial charge in [0.25, 0.3) is 6.23 Å². The number of nitrogens with one attached hydrogen (secondary N) is 2. The lowest BCUT2D eigenvalue weighted by molar-refractivity contribution is -0.210. The summed E-state index contributed by atoms with van der Waals surface area (Å²) in [6, 6.07) is 0. The maximum absolute atomic E-state index is 12.1. The smallest absolute Gasteiger partial charge is 0.445 e. The van der Waals surface area contributed by atoms with E-state index in [-0.39, 0.29) is 6.54 Å². The third-order valence-electron chi connectivity index (χ3n) is 1.93. The van der Waals surface area contributed by atoms with Crippen molar-refractivity contribution >= 4 is 36.4 Å². The molecule has 0 aliphatic rings. The van der Waals surface area contributed by atoms with Gasteiger partial charge in [-0.1, -0.05) is 0 Å². The number of carbonyl (C=O) groups excluding carboxylic acids is 4. The van der Waals surface area contributed by atoms with Gasteiger partial charge < -0.3 is 25.8 Å². The van der Waals surface area contributed by atoms with E-state index >= 15 is 0 Å². The first-order valence-electron chi connectivity index (χ1n) is 5.87. The van der Waals surface area contributed by atoms with Crippen LogP contribution >= 0.6 is 12.6 Å². The second kappa shape index (κ2) is 9.19. The summed E-state index contributed by atoms with van der Waals surface area (Å²) in [4.78, 5) is 44.1. The Morgan fingerprint density at radius 2 is 1.78 bits per heavy atom. The predicted octanol–water partition coefficient (Wildman–Crippen LogP) is -1.57. The lowest BCUT2D eigenvalue weighted by Gasteiger charge is -2.20. The Hall–Kier alpha value is -2.02. The molecule has 0 saturated carbocycles. The lowest BCUT2D eigenvalue weighted by Crippen LogP contribution is -2.49. The Labute approximate surface area is 133 Å². The van der Waals surface area contributed by atoms with Crippen LogP contribution in [0.1, 0.15) is 6.92 Å². The monoisotopic (exact) mass is 361 g/mol. The van der Waals surface area contributed by atoms with E-state index in [0.29, 0.717) is 0 Å². The van der Waals surface area contributed by atoms with Crippen LogP contribution in [0.3, 0.4) is 0 Å². The van der Waals surface area contributed by atoms with Gasteiger partial charge in [-0.05, 0) is 0 Å². The molecule has 13 heteroatoms. The average Bonchev–Trinajstić information content (AvgIpc) is 2.42. The quantitative estimate of drug-likeness (QED) is 0.244. The number of ether oxygens (including phenoxy) is 2. The molecule has 4 N–H and O–H groups in total. The molecule has 2 unspecified atom stereocenters. The molecule has 132 valence electrons. The van der Waals surface area contributed by atoms with Gasteiger partial charge in [0.15, 0.2) is 5.44 Å². The van der Waals surface area contributed by atoms with Crippen molar-refractivity contribution in [2.24, 2.45) is 5.73 Å². The lowest BCUT2D eigenvalue weighted by atomic mass is 10.5. The Balaban J connectivity index is 4.84. The van der Waals surface area contributed by atoms with E-state index < -0.39 is 48.1 Å². The third-order valence-corrected chi connectivity index (χ3v) is 2.21. The zero-order valence-corrected chi connectivity index (χ0v) is 12.6.